The van der Waals surface area contributed by atoms with Crippen molar-refractivity contribution >= 4 is 0 Å². The number of hydrogen-bond donors (Lipinski definition) is 1. The Hall–Kier alpha value is -2.42. The van der Waals surface area contributed by atoms with E-state index >= 15 is 0 Å². The lowest BCUT2D eigenvalue weighted by molar-refractivity contribution is 0.0302. The number of aryl methyl sites for hydroxylation is 8. The van der Waals surface area contributed by atoms with Gasteiger partial charge in [0.05, 0.1) is 17.8 Å². The van der Waals surface area contributed by atoms with E-state index in [-0.39, 0.29) is 0 Å². The van der Waals surface area contributed by atoms with Gasteiger partial charge in [-0.2, -0.15) is 0 Å². The molecule has 0 bridgehead atoms. The zero-order valence-corrected chi connectivity index (χ0v) is 54.2. The van der Waals surface area contributed by atoms with Crippen molar-refractivity contribution in [2.45, 2.75) is 269 Å². The van der Waals surface area contributed by atoms with Gasteiger partial charge in [-0.3, -0.25) is 0 Å². The van der Waals surface area contributed by atoms with E-state index in [1.165, 1.54) is 89.5 Å². The van der Waals surface area contributed by atoms with Crippen LogP contribution in [0.3, 0.4) is 0 Å². The van der Waals surface area contributed by atoms with Crippen LogP contribution in [0, 0.1) is 132 Å². The van der Waals surface area contributed by atoms with Crippen molar-refractivity contribution in [1.29, 1.82) is 0 Å². The molecule has 1 saturated heterocycles. The highest BCUT2D eigenvalue weighted by atomic mass is 16.5. The smallest absolute Gasteiger partial charge is 0.0614 e. The third-order valence-electron chi connectivity index (χ3n) is 18.4. The van der Waals surface area contributed by atoms with Gasteiger partial charge in [-0.1, -0.05) is 226 Å². The van der Waals surface area contributed by atoms with Crippen LogP contribution in [0.25, 0.3) is 0 Å². The highest BCUT2D eigenvalue weighted by molar-refractivity contribution is 5.35. The summed E-state index contributed by atoms with van der Waals surface area (Å²) in [5, 5.41) is 9.13. The molecular formula is C71H128O2. The number of ether oxygens (including phenoxy) is 1. The van der Waals surface area contributed by atoms with E-state index in [4.69, 9.17) is 9.84 Å². The minimum absolute atomic E-state index is 0.417. The zero-order chi connectivity index (χ0) is 56.9. The third-order valence-corrected chi connectivity index (χ3v) is 18.4. The maximum Gasteiger partial charge on any atom is 0.0614 e. The minimum Gasteiger partial charge on any atom is -0.390 e. The van der Waals surface area contributed by atoms with E-state index in [1.807, 2.05) is 52.8 Å². The molecule has 3 saturated carbocycles. The Bertz CT molecular complexity index is 1590. The average molecular weight is 1010 g/mol. The van der Waals surface area contributed by atoms with Crippen LogP contribution in [0.2, 0.25) is 0 Å². The van der Waals surface area contributed by atoms with Crippen LogP contribution in [0.15, 0.2) is 60.7 Å². The van der Waals surface area contributed by atoms with E-state index in [2.05, 4.69) is 202 Å². The molecule has 2 nitrogen and oxygen atoms in total. The first-order valence-electron chi connectivity index (χ1n) is 30.4. The summed E-state index contributed by atoms with van der Waals surface area (Å²) in [6.45, 7) is 62.2. The molecular weight excluding hydrogens is 885 g/mol. The first-order valence-corrected chi connectivity index (χ1v) is 30.4. The Kier molecular flexibility index (Phi) is 38.0. The van der Waals surface area contributed by atoms with E-state index < -0.39 is 5.60 Å². The SMILES string of the molecule is CC.CC1C(C)C(C)C(C)C(C)C1C.CC1CC(C)CC(C)C1.CC1CCC(C)CC1.CC1OC(C)C(C)C1C.CCC(C)(O)CC.Cc1cc(C)c(C)cc1C.Cc1cc(C)cc(C)c1.Cc1ccccc1. The van der Waals surface area contributed by atoms with Crippen LogP contribution in [0.1, 0.15) is 241 Å². The highest BCUT2D eigenvalue weighted by Crippen LogP contribution is 2.45. The molecule has 2 heteroatoms. The van der Waals surface area contributed by atoms with Crippen molar-refractivity contribution in [2.24, 2.45) is 76.9 Å². The molecule has 1 heterocycles. The standard InChI is InChI=1S/C12H24.C10H14.C9H18.C9H12.C8H16O.C8H16.C7H8.C6H14O.C2H6/c1-7-8(2)10(4)12(6)11(5)9(7)3;1-7-5-9(3)10(4)6-8(7)2;2*1-7-4-8(2)6-9(3)5-7;1-5-6(2)8(4)9-7(5)3;1-7-3-5-8(2)6-4-7;1-7-5-3-2-4-6-7;1-4-6(3,7)5-2;1-2/h7-12H,1-6H3;5-6H,1-4H3;7-9H,4-6H2,1-3H3;4-6H,1-3H3;5-8H,1-4H3;7-8H,3-6H2,1-2H3;2-6H,1H3;7H,4-5H2,1-3H3;1-2H3. The van der Waals surface area contributed by atoms with Crippen LogP contribution in [-0.2, 0) is 4.74 Å². The first-order chi connectivity index (χ1) is 33.9. The van der Waals surface area contributed by atoms with Crippen molar-refractivity contribution in [3.05, 3.63) is 105 Å². The summed E-state index contributed by atoms with van der Waals surface area (Å²) < 4.78 is 5.59. The van der Waals surface area contributed by atoms with Crippen LogP contribution < -0.4 is 0 Å². The molecule has 3 aromatic rings. The first kappa shape index (κ1) is 72.7. The topological polar surface area (TPSA) is 29.5 Å². The Morgan fingerprint density at radius 1 is 0.384 bits per heavy atom. The number of benzene rings is 3. The largest absolute Gasteiger partial charge is 0.390 e. The Balaban J connectivity index is 0. The number of hydrogen-bond acceptors (Lipinski definition) is 2. The van der Waals surface area contributed by atoms with E-state index in [1.54, 1.807) is 0 Å². The van der Waals surface area contributed by atoms with Crippen molar-refractivity contribution in [3.8, 4) is 0 Å². The van der Waals surface area contributed by atoms with Crippen LogP contribution >= 0.6 is 0 Å². The molecule has 3 aromatic carbocycles. The van der Waals surface area contributed by atoms with Gasteiger partial charge in [-0.05, 0) is 207 Å². The molecule has 4 fully saturated rings. The quantitative estimate of drug-likeness (QED) is 0.277. The van der Waals surface area contributed by atoms with Gasteiger partial charge in [0, 0.05) is 0 Å². The lowest BCUT2D eigenvalue weighted by Crippen LogP contribution is -2.39. The molecule has 0 amide bonds. The molecule has 4 atom stereocenters. The van der Waals surface area contributed by atoms with Crippen molar-refractivity contribution in [1.82, 2.24) is 0 Å². The maximum atomic E-state index is 9.13. The number of aliphatic hydroxyl groups is 1. The van der Waals surface area contributed by atoms with Gasteiger partial charge in [0.15, 0.2) is 0 Å². The molecule has 7 rings (SSSR count). The molecule has 1 N–H and O–H groups in total. The summed E-state index contributed by atoms with van der Waals surface area (Å²) in [6, 6.07) is 21.3. The molecule has 0 radical (unpaired) electrons. The lowest BCUT2D eigenvalue weighted by Gasteiger charge is -2.45. The normalized spacial score (nSPS) is 30.1. The molecule has 73 heavy (non-hydrogen) atoms. The fourth-order valence-corrected chi connectivity index (χ4v) is 11.2. The number of rotatable bonds is 2. The molecule has 4 unspecified atom stereocenters. The van der Waals surface area contributed by atoms with Gasteiger partial charge < -0.3 is 9.84 Å². The fourth-order valence-electron chi connectivity index (χ4n) is 11.2. The fraction of sp³-hybridized carbons (Fsp3) is 0.746. The maximum absolute atomic E-state index is 9.13. The molecule has 3 aliphatic carbocycles. The second-order valence-electron chi connectivity index (χ2n) is 25.4. The van der Waals surface area contributed by atoms with E-state index in [0.717, 1.165) is 89.8 Å². The van der Waals surface area contributed by atoms with Crippen molar-refractivity contribution < 1.29 is 9.84 Å². The van der Waals surface area contributed by atoms with Crippen LogP contribution in [0.4, 0.5) is 0 Å². The summed E-state index contributed by atoms with van der Waals surface area (Å²) in [6.07, 6.45) is 12.9. The van der Waals surface area contributed by atoms with Gasteiger partial charge in [0.25, 0.3) is 0 Å². The van der Waals surface area contributed by atoms with Crippen LogP contribution in [0.5, 0.6) is 0 Å². The molecule has 0 aromatic heterocycles. The predicted octanol–water partition coefficient (Wildman–Crippen LogP) is 21.9. The van der Waals surface area contributed by atoms with E-state index in [0.29, 0.717) is 12.2 Å². The van der Waals surface area contributed by atoms with Gasteiger partial charge in [0.2, 0.25) is 0 Å². The van der Waals surface area contributed by atoms with Crippen molar-refractivity contribution in [3.63, 3.8) is 0 Å². The Morgan fingerprint density at radius 2 is 0.630 bits per heavy atom. The molecule has 4 aliphatic rings. The summed E-state index contributed by atoms with van der Waals surface area (Å²) in [4.78, 5) is 0. The van der Waals surface area contributed by atoms with Gasteiger partial charge >= 0.3 is 0 Å². The average Bonchev–Trinajstić information content (AvgIpc) is 3.55. The summed E-state index contributed by atoms with van der Waals surface area (Å²) in [5.74, 6) is 11.9. The summed E-state index contributed by atoms with van der Waals surface area (Å²) in [7, 11) is 0. The zero-order valence-electron chi connectivity index (χ0n) is 54.2. The highest BCUT2D eigenvalue weighted by Gasteiger charge is 2.38. The Morgan fingerprint density at radius 3 is 0.795 bits per heavy atom. The summed E-state index contributed by atoms with van der Waals surface area (Å²) in [5.41, 5.74) is 10.5. The summed E-state index contributed by atoms with van der Waals surface area (Å²) >= 11 is 0. The second-order valence-corrected chi connectivity index (χ2v) is 25.4. The van der Waals surface area contributed by atoms with Gasteiger partial charge in [-0.25, -0.2) is 0 Å². The monoisotopic (exact) mass is 1010 g/mol. The molecule has 424 valence electrons. The van der Waals surface area contributed by atoms with Crippen molar-refractivity contribution in [2.75, 3.05) is 0 Å². The van der Waals surface area contributed by atoms with Gasteiger partial charge in [0.1, 0.15) is 0 Å². The van der Waals surface area contributed by atoms with Gasteiger partial charge in [-0.15, -0.1) is 0 Å². The van der Waals surface area contributed by atoms with E-state index in [9.17, 15) is 0 Å². The predicted molar refractivity (Wildman–Crippen MR) is 331 cm³/mol. The lowest BCUT2D eigenvalue weighted by atomic mass is 9.60. The van der Waals surface area contributed by atoms with Crippen LogP contribution in [-0.4, -0.2) is 22.9 Å². The third kappa shape index (κ3) is 30.8. The Labute approximate surface area is 459 Å². The minimum atomic E-state index is -0.417. The second kappa shape index (κ2) is 38.2. The molecule has 0 spiro atoms. The molecule has 1 aliphatic heterocycles.